The zero-order valence-corrected chi connectivity index (χ0v) is 14.9. The third kappa shape index (κ3) is 3.16. The molecule has 0 N–H and O–H groups in total. The van der Waals surface area contributed by atoms with Gasteiger partial charge in [-0.3, -0.25) is 19.3 Å². The maximum atomic E-state index is 12.7. The highest BCUT2D eigenvalue weighted by Gasteiger charge is 2.27. The van der Waals surface area contributed by atoms with Crippen LogP contribution in [-0.2, 0) is 13.1 Å². The highest BCUT2D eigenvalue weighted by molar-refractivity contribution is 5.98. The summed E-state index contributed by atoms with van der Waals surface area (Å²) in [5.41, 5.74) is 1.40. The van der Waals surface area contributed by atoms with Crippen LogP contribution in [0, 0.1) is 0 Å². The number of nitrogens with zero attached hydrogens (tertiary/aromatic N) is 7. The number of pyridine rings is 1. The van der Waals surface area contributed by atoms with Gasteiger partial charge in [-0.05, 0) is 12.1 Å². The van der Waals surface area contributed by atoms with Crippen LogP contribution in [0.1, 0.15) is 26.9 Å². The molecule has 0 unspecified atom stereocenters. The molecule has 3 aromatic heterocycles. The van der Waals surface area contributed by atoms with Crippen LogP contribution in [0.15, 0.2) is 35.1 Å². The second kappa shape index (κ2) is 6.63. The number of amides is 2. The van der Waals surface area contributed by atoms with Gasteiger partial charge in [0, 0.05) is 44.7 Å². The summed E-state index contributed by atoms with van der Waals surface area (Å²) < 4.78 is 6.79. The van der Waals surface area contributed by atoms with E-state index in [1.165, 1.54) is 11.0 Å². The minimum Gasteiger partial charge on any atom is -0.339 e. The van der Waals surface area contributed by atoms with Crippen LogP contribution in [-0.4, -0.2) is 67.2 Å². The Morgan fingerprint density at radius 3 is 2.85 bits per heavy atom. The predicted molar refractivity (Wildman–Crippen MR) is 92.5 cm³/mol. The maximum Gasteiger partial charge on any atom is 0.274 e. The van der Waals surface area contributed by atoms with E-state index < -0.39 is 0 Å². The number of carbonyl (C=O) groups excluding carboxylic acids is 2. The molecule has 3 aromatic rings. The molecule has 0 atom stereocenters. The normalized spacial score (nSPS) is 13.6. The Bertz CT molecular complexity index is 995. The molecule has 0 bridgehead atoms. The van der Waals surface area contributed by atoms with E-state index in [4.69, 9.17) is 4.52 Å². The topological polar surface area (TPSA) is 110 Å². The van der Waals surface area contributed by atoms with Crippen molar-refractivity contribution in [2.24, 2.45) is 0 Å². The van der Waals surface area contributed by atoms with Crippen LogP contribution in [0.5, 0.6) is 0 Å². The SMILES string of the molecule is CN(Cc1nc(-c2ccncc2)no1)C(=O)c1cc2n(n1)CCN(C)C2=O. The first-order valence-electron chi connectivity index (χ1n) is 8.34. The molecule has 1 aliphatic rings. The molecule has 2 amide bonds. The number of fused-ring (bicyclic) bond motifs is 1. The molecule has 0 aromatic carbocycles. The summed E-state index contributed by atoms with van der Waals surface area (Å²) >= 11 is 0. The minimum absolute atomic E-state index is 0.132. The van der Waals surface area contributed by atoms with Crippen LogP contribution in [0.25, 0.3) is 11.4 Å². The van der Waals surface area contributed by atoms with Gasteiger partial charge in [-0.25, -0.2) is 0 Å². The fourth-order valence-electron chi connectivity index (χ4n) is 2.81. The molecule has 4 heterocycles. The molecule has 0 fully saturated rings. The van der Waals surface area contributed by atoms with Crippen molar-refractivity contribution in [2.45, 2.75) is 13.1 Å². The molecule has 10 nitrogen and oxygen atoms in total. The zero-order valence-electron chi connectivity index (χ0n) is 14.9. The Balaban J connectivity index is 1.48. The molecule has 138 valence electrons. The number of hydrogen-bond acceptors (Lipinski definition) is 7. The van der Waals surface area contributed by atoms with Gasteiger partial charge in [0.25, 0.3) is 11.8 Å². The van der Waals surface area contributed by atoms with Gasteiger partial charge in [0.1, 0.15) is 12.2 Å². The molecule has 0 spiro atoms. The summed E-state index contributed by atoms with van der Waals surface area (Å²) in [7, 11) is 3.34. The third-order valence-corrected chi connectivity index (χ3v) is 4.34. The Labute approximate surface area is 154 Å². The van der Waals surface area contributed by atoms with Gasteiger partial charge in [0.2, 0.25) is 11.7 Å². The minimum atomic E-state index is -0.323. The van der Waals surface area contributed by atoms with Crippen molar-refractivity contribution >= 4 is 11.8 Å². The van der Waals surface area contributed by atoms with Crippen molar-refractivity contribution in [3.05, 3.63) is 47.9 Å². The van der Waals surface area contributed by atoms with E-state index in [-0.39, 0.29) is 24.1 Å². The van der Waals surface area contributed by atoms with Gasteiger partial charge in [0.15, 0.2) is 5.69 Å². The van der Waals surface area contributed by atoms with Crippen LogP contribution in [0.3, 0.4) is 0 Å². The molecule has 10 heteroatoms. The van der Waals surface area contributed by atoms with Crippen molar-refractivity contribution in [3.8, 4) is 11.4 Å². The maximum absolute atomic E-state index is 12.7. The van der Waals surface area contributed by atoms with Gasteiger partial charge < -0.3 is 14.3 Å². The standard InChI is InChI=1S/C17H17N7O3/c1-22-7-8-24-13(17(22)26)9-12(20-24)16(25)23(2)10-14-19-15(21-27-14)11-3-5-18-6-4-11/h3-6,9H,7-8,10H2,1-2H3. The molecule has 0 aliphatic carbocycles. The first-order chi connectivity index (χ1) is 13.0. The Hall–Kier alpha value is -3.56. The molecule has 0 saturated carbocycles. The lowest BCUT2D eigenvalue weighted by molar-refractivity contribution is 0.0736. The summed E-state index contributed by atoms with van der Waals surface area (Å²) in [6.07, 6.45) is 3.28. The second-order valence-electron chi connectivity index (χ2n) is 6.27. The molecular weight excluding hydrogens is 350 g/mol. The van der Waals surface area contributed by atoms with Crippen LogP contribution < -0.4 is 0 Å². The Morgan fingerprint density at radius 1 is 1.30 bits per heavy atom. The van der Waals surface area contributed by atoms with E-state index >= 15 is 0 Å². The number of carbonyl (C=O) groups is 2. The summed E-state index contributed by atoms with van der Waals surface area (Å²) in [6.45, 7) is 1.26. The van der Waals surface area contributed by atoms with E-state index in [2.05, 4.69) is 20.2 Å². The quantitative estimate of drug-likeness (QED) is 0.667. The van der Waals surface area contributed by atoms with Gasteiger partial charge >= 0.3 is 0 Å². The fourth-order valence-corrected chi connectivity index (χ4v) is 2.81. The summed E-state index contributed by atoms with van der Waals surface area (Å²) in [5.74, 6) is 0.266. The number of aromatic nitrogens is 5. The first kappa shape index (κ1) is 16.9. The van der Waals surface area contributed by atoms with Crippen LogP contribution in [0.4, 0.5) is 0 Å². The summed E-state index contributed by atoms with van der Waals surface area (Å²) in [6, 6.07) is 5.06. The summed E-state index contributed by atoms with van der Waals surface area (Å²) in [5, 5.41) is 8.18. The lowest BCUT2D eigenvalue weighted by Crippen LogP contribution is -2.37. The molecule has 1 aliphatic heterocycles. The van der Waals surface area contributed by atoms with Gasteiger partial charge in [-0.2, -0.15) is 10.1 Å². The van der Waals surface area contributed by atoms with E-state index in [9.17, 15) is 9.59 Å². The van der Waals surface area contributed by atoms with Crippen molar-refractivity contribution < 1.29 is 14.1 Å². The van der Waals surface area contributed by atoms with Gasteiger partial charge in [-0.15, -0.1) is 0 Å². The second-order valence-corrected chi connectivity index (χ2v) is 6.27. The molecule has 0 saturated heterocycles. The van der Waals surface area contributed by atoms with Crippen LogP contribution in [0.2, 0.25) is 0 Å². The lowest BCUT2D eigenvalue weighted by atomic mass is 10.2. The number of likely N-dealkylation sites (N-methyl/N-ethyl adjacent to an activating group) is 1. The molecule has 4 rings (SSSR count). The monoisotopic (exact) mass is 367 g/mol. The molecule has 27 heavy (non-hydrogen) atoms. The highest BCUT2D eigenvalue weighted by atomic mass is 16.5. The van der Waals surface area contributed by atoms with E-state index in [0.29, 0.717) is 30.5 Å². The van der Waals surface area contributed by atoms with Crippen molar-refractivity contribution in [1.82, 2.24) is 34.7 Å². The predicted octanol–water partition coefficient (Wildman–Crippen LogP) is 0.686. The number of hydrogen-bond donors (Lipinski definition) is 0. The van der Waals surface area contributed by atoms with Gasteiger partial charge in [-0.1, -0.05) is 5.16 Å². The molecule has 0 radical (unpaired) electrons. The lowest BCUT2D eigenvalue weighted by Gasteiger charge is -2.22. The van der Waals surface area contributed by atoms with Crippen molar-refractivity contribution in [2.75, 3.05) is 20.6 Å². The Morgan fingerprint density at radius 2 is 2.07 bits per heavy atom. The van der Waals surface area contributed by atoms with Gasteiger partial charge in [0.05, 0.1) is 6.54 Å². The van der Waals surface area contributed by atoms with Crippen LogP contribution >= 0.6 is 0 Å². The van der Waals surface area contributed by atoms with E-state index in [1.807, 2.05) is 0 Å². The average molecular weight is 367 g/mol. The van der Waals surface area contributed by atoms with E-state index in [0.717, 1.165) is 5.56 Å². The van der Waals surface area contributed by atoms with Crippen molar-refractivity contribution in [1.29, 1.82) is 0 Å². The highest BCUT2D eigenvalue weighted by Crippen LogP contribution is 2.17. The zero-order chi connectivity index (χ0) is 19.0. The van der Waals surface area contributed by atoms with Crippen molar-refractivity contribution in [3.63, 3.8) is 0 Å². The Kier molecular flexibility index (Phi) is 4.15. The first-order valence-corrected chi connectivity index (χ1v) is 8.34. The number of rotatable bonds is 4. The average Bonchev–Trinajstić information content (AvgIpc) is 3.32. The van der Waals surface area contributed by atoms with E-state index in [1.54, 1.807) is 48.2 Å². The largest absolute Gasteiger partial charge is 0.339 e. The fraction of sp³-hybridized carbons (Fsp3) is 0.294. The smallest absolute Gasteiger partial charge is 0.274 e. The summed E-state index contributed by atoms with van der Waals surface area (Å²) in [4.78, 5) is 36.1. The third-order valence-electron chi connectivity index (χ3n) is 4.34. The molecular formula is C17H17N7O3.